The average Bonchev–Trinajstić information content (AvgIpc) is 3.67. The summed E-state index contributed by atoms with van der Waals surface area (Å²) in [5.74, 6) is 0. The highest BCUT2D eigenvalue weighted by Crippen LogP contribution is 2.55. The normalized spacial score (nSPS) is 14.1. The van der Waals surface area contributed by atoms with Crippen molar-refractivity contribution in [1.29, 1.82) is 0 Å². The second kappa shape index (κ2) is 14.2. The molecule has 1 heterocycles. The van der Waals surface area contributed by atoms with Gasteiger partial charge in [0, 0.05) is 27.2 Å². The van der Waals surface area contributed by atoms with Gasteiger partial charge in [-0.1, -0.05) is 148 Å². The first-order chi connectivity index (χ1) is 25.0. The SMILES string of the molecule is C.C=C.CC1(C)c2cc(-c3ccc(-c4ccc5c(c4)[nH]c4ccccc45)cc3)ccc2-c2c3c(c4c(c21)C=CCC4)CCC=C3.Cc1ccccc1. The largest absolute Gasteiger partial charge is 0.354 e. The molecule has 258 valence electrons. The molecule has 0 atom stereocenters. The number of rotatable bonds is 2. The van der Waals surface area contributed by atoms with E-state index < -0.39 is 0 Å². The van der Waals surface area contributed by atoms with Crippen LogP contribution >= 0.6 is 0 Å². The lowest BCUT2D eigenvalue weighted by Gasteiger charge is -2.30. The van der Waals surface area contributed by atoms with Gasteiger partial charge in [-0.15, -0.1) is 13.2 Å². The standard InChI is InChI=1S/C41H33N.C7H8.C2H4.CH4/c1-41(2)36-23-27(20-22-35(36)39-33-12-5-3-9-29(33)30-10-4-6-13-34(30)40(39)41)25-15-17-26(18-16-25)28-19-21-32-31-11-7-8-14-37(31)42-38(32)24-28;1-7-5-3-2-4-6-7;1-2;/h5-8,11-24,42H,3-4,9-10H2,1-2H3;2-6H,1H3;1-2H2;1H4. The molecular weight excluding hydrogens is 627 g/mol. The third-order valence-electron chi connectivity index (χ3n) is 11.1. The summed E-state index contributed by atoms with van der Waals surface area (Å²) in [5, 5.41) is 2.56. The van der Waals surface area contributed by atoms with E-state index >= 15 is 0 Å². The van der Waals surface area contributed by atoms with Gasteiger partial charge in [0.1, 0.15) is 0 Å². The summed E-state index contributed by atoms with van der Waals surface area (Å²) in [7, 11) is 0. The number of aromatic nitrogens is 1. The molecule has 10 rings (SSSR count). The highest BCUT2D eigenvalue weighted by molar-refractivity contribution is 6.08. The summed E-state index contributed by atoms with van der Waals surface area (Å²) in [6.45, 7) is 13.0. The van der Waals surface area contributed by atoms with Crippen LogP contribution in [0.4, 0.5) is 0 Å². The number of para-hydroxylation sites is 1. The van der Waals surface area contributed by atoms with Gasteiger partial charge in [-0.05, 0) is 118 Å². The fourth-order valence-electron chi connectivity index (χ4n) is 8.64. The number of aryl methyl sites for hydroxylation is 1. The number of allylic oxidation sites excluding steroid dienone is 2. The molecule has 52 heavy (non-hydrogen) atoms. The number of fused-ring (bicyclic) bond motifs is 11. The second-order valence-electron chi connectivity index (χ2n) is 14.5. The van der Waals surface area contributed by atoms with Gasteiger partial charge in [0.05, 0.1) is 0 Å². The first-order valence-corrected chi connectivity index (χ1v) is 18.3. The van der Waals surface area contributed by atoms with Gasteiger partial charge in [-0.2, -0.15) is 0 Å². The van der Waals surface area contributed by atoms with Crippen molar-refractivity contribution in [2.45, 2.75) is 59.3 Å². The zero-order chi connectivity index (χ0) is 35.1. The Balaban J connectivity index is 0.000000375. The molecule has 1 heteroatoms. The summed E-state index contributed by atoms with van der Waals surface area (Å²) in [4.78, 5) is 3.59. The van der Waals surface area contributed by atoms with Crippen LogP contribution in [0.1, 0.15) is 73.1 Å². The minimum atomic E-state index is -0.0400. The van der Waals surface area contributed by atoms with Crippen LogP contribution in [-0.2, 0) is 18.3 Å². The topological polar surface area (TPSA) is 15.8 Å². The minimum Gasteiger partial charge on any atom is -0.354 e. The average molecular weight is 676 g/mol. The number of hydrogen-bond donors (Lipinski definition) is 1. The lowest BCUT2D eigenvalue weighted by atomic mass is 9.74. The number of hydrogen-bond acceptors (Lipinski definition) is 0. The molecule has 0 amide bonds. The molecule has 1 aromatic heterocycles. The van der Waals surface area contributed by atoms with E-state index in [4.69, 9.17) is 0 Å². The summed E-state index contributed by atoms with van der Waals surface area (Å²) < 4.78 is 0. The van der Waals surface area contributed by atoms with Gasteiger partial charge in [0.2, 0.25) is 0 Å². The highest BCUT2D eigenvalue weighted by atomic mass is 14.7. The monoisotopic (exact) mass is 675 g/mol. The lowest BCUT2D eigenvalue weighted by Crippen LogP contribution is -2.19. The number of benzene rings is 6. The van der Waals surface area contributed by atoms with Crippen LogP contribution in [0.25, 0.3) is 67.3 Å². The van der Waals surface area contributed by atoms with Crippen LogP contribution in [0.15, 0.2) is 141 Å². The zero-order valence-corrected chi connectivity index (χ0v) is 30.0. The quantitative estimate of drug-likeness (QED) is 0.176. The van der Waals surface area contributed by atoms with Gasteiger partial charge < -0.3 is 4.98 Å². The molecular formula is C51H49N. The van der Waals surface area contributed by atoms with Crippen molar-refractivity contribution in [3.63, 3.8) is 0 Å². The predicted molar refractivity (Wildman–Crippen MR) is 228 cm³/mol. The van der Waals surface area contributed by atoms with Crippen LogP contribution in [0.5, 0.6) is 0 Å². The predicted octanol–water partition coefficient (Wildman–Crippen LogP) is 14.3. The molecule has 1 N–H and O–H groups in total. The van der Waals surface area contributed by atoms with Gasteiger partial charge in [-0.25, -0.2) is 0 Å². The minimum absolute atomic E-state index is 0. The van der Waals surface area contributed by atoms with Crippen LogP contribution in [0, 0.1) is 6.92 Å². The third-order valence-corrected chi connectivity index (χ3v) is 11.1. The van der Waals surface area contributed by atoms with Crippen molar-refractivity contribution in [1.82, 2.24) is 4.98 Å². The Morgan fingerprint density at radius 2 is 1.13 bits per heavy atom. The Labute approximate surface area is 310 Å². The van der Waals surface area contributed by atoms with E-state index in [0.29, 0.717) is 0 Å². The van der Waals surface area contributed by atoms with E-state index in [9.17, 15) is 0 Å². The number of nitrogens with one attached hydrogen (secondary N) is 1. The second-order valence-corrected chi connectivity index (χ2v) is 14.5. The van der Waals surface area contributed by atoms with E-state index in [1.165, 1.54) is 95.8 Å². The van der Waals surface area contributed by atoms with E-state index in [0.717, 1.165) is 12.8 Å². The van der Waals surface area contributed by atoms with Crippen molar-refractivity contribution in [3.05, 3.63) is 180 Å². The molecule has 7 aromatic rings. The van der Waals surface area contributed by atoms with E-state index in [1.807, 2.05) is 18.2 Å². The molecule has 3 aliphatic rings. The molecule has 0 spiro atoms. The molecule has 0 unspecified atom stereocenters. The molecule has 3 aliphatic carbocycles. The fourth-order valence-corrected chi connectivity index (χ4v) is 8.64. The van der Waals surface area contributed by atoms with Crippen molar-refractivity contribution < 1.29 is 0 Å². The van der Waals surface area contributed by atoms with Crippen molar-refractivity contribution in [2.24, 2.45) is 0 Å². The third kappa shape index (κ3) is 5.85. The smallest absolute Gasteiger partial charge is 0.0471 e. The Hall–Kier alpha value is -5.66. The molecule has 0 fully saturated rings. The lowest BCUT2D eigenvalue weighted by molar-refractivity contribution is 0.656. The zero-order valence-electron chi connectivity index (χ0n) is 30.0. The Morgan fingerprint density at radius 1 is 0.577 bits per heavy atom. The van der Waals surface area contributed by atoms with Gasteiger partial charge >= 0.3 is 0 Å². The molecule has 0 radical (unpaired) electrons. The molecule has 0 saturated carbocycles. The van der Waals surface area contributed by atoms with Crippen molar-refractivity contribution in [2.75, 3.05) is 0 Å². The van der Waals surface area contributed by atoms with E-state index in [1.54, 1.807) is 11.1 Å². The van der Waals surface area contributed by atoms with Crippen LogP contribution in [-0.4, -0.2) is 4.98 Å². The first-order valence-electron chi connectivity index (χ1n) is 18.3. The summed E-state index contributed by atoms with van der Waals surface area (Å²) >= 11 is 0. The van der Waals surface area contributed by atoms with Gasteiger partial charge in [0.25, 0.3) is 0 Å². The van der Waals surface area contributed by atoms with Crippen LogP contribution < -0.4 is 0 Å². The molecule has 0 bridgehead atoms. The van der Waals surface area contributed by atoms with E-state index in [-0.39, 0.29) is 12.8 Å². The Morgan fingerprint density at radius 3 is 1.81 bits per heavy atom. The molecule has 6 aromatic carbocycles. The summed E-state index contributed by atoms with van der Waals surface area (Å²) in [6, 6.07) is 41.9. The van der Waals surface area contributed by atoms with Gasteiger partial charge in [-0.3, -0.25) is 0 Å². The molecule has 1 nitrogen and oxygen atoms in total. The fraction of sp³-hybridized carbons (Fsp3) is 0.176. The van der Waals surface area contributed by atoms with Crippen molar-refractivity contribution in [3.8, 4) is 33.4 Å². The maximum Gasteiger partial charge on any atom is 0.0471 e. The molecule has 0 saturated heterocycles. The highest BCUT2D eigenvalue weighted by Gasteiger charge is 2.41. The van der Waals surface area contributed by atoms with E-state index in [2.05, 4.69) is 160 Å². The van der Waals surface area contributed by atoms with Crippen LogP contribution in [0.3, 0.4) is 0 Å². The summed E-state index contributed by atoms with van der Waals surface area (Å²) in [6.07, 6.45) is 14.3. The van der Waals surface area contributed by atoms with Crippen molar-refractivity contribution >= 4 is 34.0 Å². The Kier molecular flexibility index (Phi) is 9.47. The molecule has 0 aliphatic heterocycles. The number of H-pyrrole nitrogens is 1. The number of aromatic amines is 1. The Bertz CT molecular complexity index is 2470. The summed E-state index contributed by atoms with van der Waals surface area (Å²) in [5.41, 5.74) is 20.8. The van der Waals surface area contributed by atoms with Crippen LogP contribution in [0.2, 0.25) is 0 Å². The maximum absolute atomic E-state index is 3.59. The first kappa shape index (κ1) is 34.8. The maximum atomic E-state index is 3.59. The van der Waals surface area contributed by atoms with Gasteiger partial charge in [0.15, 0.2) is 0 Å².